The molecular weight excluding hydrogens is 230 g/mol. The van der Waals surface area contributed by atoms with E-state index in [0.717, 1.165) is 18.4 Å². The monoisotopic (exact) mass is 247 g/mol. The highest BCUT2D eigenvalue weighted by Gasteiger charge is 2.38. The minimum Gasteiger partial charge on any atom is -0.428 e. The van der Waals surface area contributed by atoms with Crippen LogP contribution < -0.4 is 5.73 Å². The second-order valence-corrected chi connectivity index (χ2v) is 5.13. The van der Waals surface area contributed by atoms with Crippen LogP contribution in [0, 0.1) is 5.92 Å². The van der Waals surface area contributed by atoms with E-state index in [1.54, 1.807) is 6.07 Å². The van der Waals surface area contributed by atoms with Crippen LogP contribution >= 0.6 is 0 Å². The van der Waals surface area contributed by atoms with Crippen LogP contribution in [0.25, 0.3) is 0 Å². The Balaban J connectivity index is 1.78. The van der Waals surface area contributed by atoms with Crippen LogP contribution in [0.1, 0.15) is 42.0 Å². The quantitative estimate of drug-likeness (QED) is 0.812. The maximum Gasteiger partial charge on any atom is 0.341 e. The van der Waals surface area contributed by atoms with Crippen LogP contribution in [-0.2, 0) is 9.47 Å². The highest BCUT2D eigenvalue weighted by Crippen LogP contribution is 2.36. The number of hydrogen-bond acceptors (Lipinski definition) is 4. The van der Waals surface area contributed by atoms with Crippen molar-refractivity contribution in [3.8, 4) is 0 Å². The summed E-state index contributed by atoms with van der Waals surface area (Å²) in [5, 5.41) is 0. The maximum atomic E-state index is 11.7. The standard InChI is InChI=1S/C14H17NO3/c1-8-6-7-11(12(8)15)17-14-10-5-3-2-4-9(10)13(16)18-14/h2-5,8,11-12,14H,6-7,15H2,1H3/t8-,11+,12+,14?/m0/s1. The van der Waals surface area contributed by atoms with Crippen LogP contribution in [-0.4, -0.2) is 18.1 Å². The van der Waals surface area contributed by atoms with Crippen molar-refractivity contribution in [1.29, 1.82) is 0 Å². The fourth-order valence-corrected chi connectivity index (χ4v) is 2.71. The first-order valence-electron chi connectivity index (χ1n) is 6.38. The molecule has 0 radical (unpaired) electrons. The number of cyclic esters (lactones) is 1. The first kappa shape index (κ1) is 11.7. The molecule has 1 aliphatic carbocycles. The zero-order valence-electron chi connectivity index (χ0n) is 10.3. The fourth-order valence-electron chi connectivity index (χ4n) is 2.71. The van der Waals surface area contributed by atoms with E-state index in [9.17, 15) is 4.79 Å². The Morgan fingerprint density at radius 1 is 1.33 bits per heavy atom. The minimum atomic E-state index is -0.588. The van der Waals surface area contributed by atoms with Gasteiger partial charge in [0.15, 0.2) is 0 Å². The molecule has 2 N–H and O–H groups in total. The van der Waals surface area contributed by atoms with Crippen LogP contribution in [0.5, 0.6) is 0 Å². The third kappa shape index (κ3) is 1.82. The number of nitrogens with two attached hydrogens (primary N) is 1. The topological polar surface area (TPSA) is 61.5 Å². The van der Waals surface area contributed by atoms with Crippen molar-refractivity contribution in [3.05, 3.63) is 35.4 Å². The van der Waals surface area contributed by atoms with Gasteiger partial charge in [0.2, 0.25) is 6.29 Å². The lowest BCUT2D eigenvalue weighted by molar-refractivity contribution is -0.139. The third-order valence-electron chi connectivity index (χ3n) is 3.94. The van der Waals surface area contributed by atoms with Gasteiger partial charge in [-0.25, -0.2) is 4.79 Å². The molecule has 0 spiro atoms. The molecule has 1 aromatic carbocycles. The molecule has 0 amide bonds. The predicted molar refractivity (Wildman–Crippen MR) is 65.8 cm³/mol. The summed E-state index contributed by atoms with van der Waals surface area (Å²) in [6, 6.07) is 7.37. The molecule has 1 fully saturated rings. The molecule has 1 aliphatic heterocycles. The second kappa shape index (κ2) is 4.37. The average molecular weight is 247 g/mol. The van der Waals surface area contributed by atoms with Gasteiger partial charge in [-0.1, -0.05) is 25.1 Å². The summed E-state index contributed by atoms with van der Waals surface area (Å²) in [6.07, 6.45) is 1.38. The summed E-state index contributed by atoms with van der Waals surface area (Å²) in [4.78, 5) is 11.7. The van der Waals surface area contributed by atoms with Crippen LogP contribution in [0.4, 0.5) is 0 Å². The maximum absolute atomic E-state index is 11.7. The van der Waals surface area contributed by atoms with Gasteiger partial charge in [-0.2, -0.15) is 0 Å². The summed E-state index contributed by atoms with van der Waals surface area (Å²) < 4.78 is 11.1. The number of fused-ring (bicyclic) bond motifs is 1. The highest BCUT2D eigenvalue weighted by molar-refractivity contribution is 5.93. The number of carbonyl (C=O) groups excluding carboxylic acids is 1. The fraction of sp³-hybridized carbons (Fsp3) is 0.500. The smallest absolute Gasteiger partial charge is 0.341 e. The van der Waals surface area contributed by atoms with Gasteiger partial charge in [0.25, 0.3) is 0 Å². The first-order chi connectivity index (χ1) is 8.66. The van der Waals surface area contributed by atoms with Gasteiger partial charge >= 0.3 is 5.97 Å². The lowest BCUT2D eigenvalue weighted by Gasteiger charge is -2.22. The number of benzene rings is 1. The van der Waals surface area contributed by atoms with Crippen molar-refractivity contribution in [2.75, 3.05) is 0 Å². The molecule has 4 atom stereocenters. The van der Waals surface area contributed by atoms with Crippen molar-refractivity contribution < 1.29 is 14.3 Å². The van der Waals surface area contributed by atoms with Crippen LogP contribution in [0.2, 0.25) is 0 Å². The molecule has 18 heavy (non-hydrogen) atoms. The summed E-state index contributed by atoms with van der Waals surface area (Å²) >= 11 is 0. The lowest BCUT2D eigenvalue weighted by atomic mass is 10.1. The molecular formula is C14H17NO3. The zero-order chi connectivity index (χ0) is 12.7. The number of carbonyl (C=O) groups is 1. The van der Waals surface area contributed by atoms with Crippen molar-refractivity contribution in [1.82, 2.24) is 0 Å². The lowest BCUT2D eigenvalue weighted by Crippen LogP contribution is -2.36. The Morgan fingerprint density at radius 3 is 2.83 bits per heavy atom. The zero-order valence-corrected chi connectivity index (χ0v) is 10.3. The Bertz CT molecular complexity index is 474. The molecule has 2 aliphatic rings. The summed E-state index contributed by atoms with van der Waals surface area (Å²) in [6.45, 7) is 2.13. The third-order valence-corrected chi connectivity index (χ3v) is 3.94. The molecule has 4 nitrogen and oxygen atoms in total. The van der Waals surface area contributed by atoms with Gasteiger partial charge in [0.05, 0.1) is 11.7 Å². The first-order valence-corrected chi connectivity index (χ1v) is 6.38. The molecule has 1 aromatic rings. The Labute approximate surface area is 106 Å². The normalized spacial score (nSPS) is 34.4. The van der Waals surface area contributed by atoms with E-state index in [1.165, 1.54) is 0 Å². The van der Waals surface area contributed by atoms with Gasteiger partial charge in [0.1, 0.15) is 0 Å². The minimum absolute atomic E-state index is 0.0241. The van der Waals surface area contributed by atoms with Gasteiger partial charge in [0, 0.05) is 11.6 Å². The van der Waals surface area contributed by atoms with E-state index in [4.69, 9.17) is 15.2 Å². The van der Waals surface area contributed by atoms with Crippen molar-refractivity contribution in [2.45, 2.75) is 38.2 Å². The van der Waals surface area contributed by atoms with E-state index in [2.05, 4.69) is 6.92 Å². The molecule has 4 heteroatoms. The average Bonchev–Trinajstić information content (AvgIpc) is 2.86. The highest BCUT2D eigenvalue weighted by atomic mass is 16.7. The van der Waals surface area contributed by atoms with Crippen LogP contribution in [0.15, 0.2) is 24.3 Å². The summed E-state index contributed by atoms with van der Waals surface area (Å²) in [5.41, 5.74) is 7.50. The SMILES string of the molecule is C[C@H]1CC[C@@H](OC2OC(=O)c3ccccc32)[C@@H]1N. The van der Waals surface area contributed by atoms with Gasteiger partial charge in [-0.3, -0.25) is 0 Å². The molecule has 1 heterocycles. The molecule has 96 valence electrons. The predicted octanol–water partition coefficient (Wildman–Crippen LogP) is 2.00. The molecule has 1 saturated carbocycles. The Kier molecular flexibility index (Phi) is 2.84. The molecule has 0 saturated heterocycles. The summed E-state index contributed by atoms with van der Waals surface area (Å²) in [5.74, 6) is 0.151. The van der Waals surface area contributed by atoms with Crippen molar-refractivity contribution >= 4 is 5.97 Å². The van der Waals surface area contributed by atoms with E-state index in [0.29, 0.717) is 11.5 Å². The van der Waals surface area contributed by atoms with Gasteiger partial charge in [-0.05, 0) is 24.8 Å². The van der Waals surface area contributed by atoms with Crippen molar-refractivity contribution in [2.24, 2.45) is 11.7 Å². The number of esters is 1. The van der Waals surface area contributed by atoms with Crippen molar-refractivity contribution in [3.63, 3.8) is 0 Å². The molecule has 3 rings (SSSR count). The number of ether oxygens (including phenoxy) is 2. The molecule has 1 unspecified atom stereocenters. The number of hydrogen-bond donors (Lipinski definition) is 1. The largest absolute Gasteiger partial charge is 0.428 e. The second-order valence-electron chi connectivity index (χ2n) is 5.13. The Hall–Kier alpha value is -1.39. The van der Waals surface area contributed by atoms with Gasteiger partial charge in [-0.15, -0.1) is 0 Å². The van der Waals surface area contributed by atoms with E-state index in [1.807, 2.05) is 18.2 Å². The number of rotatable bonds is 2. The summed E-state index contributed by atoms with van der Waals surface area (Å²) in [7, 11) is 0. The Morgan fingerprint density at radius 2 is 2.11 bits per heavy atom. The molecule has 0 bridgehead atoms. The van der Waals surface area contributed by atoms with E-state index < -0.39 is 6.29 Å². The van der Waals surface area contributed by atoms with Crippen LogP contribution in [0.3, 0.4) is 0 Å². The van der Waals surface area contributed by atoms with Gasteiger partial charge < -0.3 is 15.2 Å². The van der Waals surface area contributed by atoms with E-state index >= 15 is 0 Å². The van der Waals surface area contributed by atoms with E-state index in [-0.39, 0.29) is 18.1 Å². The molecule has 0 aromatic heterocycles.